The Morgan fingerprint density at radius 2 is 1.65 bits per heavy atom. The maximum atomic E-state index is 5.07. The second-order valence-corrected chi connectivity index (χ2v) is 10.2. The predicted octanol–water partition coefficient (Wildman–Crippen LogP) is 9.46. The third-order valence-electron chi connectivity index (χ3n) is 7.80. The van der Waals surface area contributed by atoms with Crippen molar-refractivity contribution in [2.75, 3.05) is 4.90 Å². The Morgan fingerprint density at radius 3 is 2.42 bits per heavy atom. The molecule has 0 unspecified atom stereocenters. The molecule has 5 heteroatoms. The molecule has 0 spiro atoms. The van der Waals surface area contributed by atoms with Crippen LogP contribution in [-0.2, 0) is 6.54 Å². The van der Waals surface area contributed by atoms with Crippen molar-refractivity contribution in [1.29, 1.82) is 0 Å². The first-order valence-corrected chi connectivity index (χ1v) is 14.3. The summed E-state index contributed by atoms with van der Waals surface area (Å²) in [4.78, 5) is 15.9. The van der Waals surface area contributed by atoms with E-state index in [1.165, 1.54) is 27.5 Å². The normalized spacial score (nSPS) is 13.8. The third kappa shape index (κ3) is 4.75. The van der Waals surface area contributed by atoms with Gasteiger partial charge in [-0.05, 0) is 93.0 Å². The van der Waals surface area contributed by atoms with Crippen LogP contribution < -0.4 is 4.90 Å². The molecular formula is C38H33N5. The number of rotatable bonds is 8. The number of pyridine rings is 1. The fourth-order valence-electron chi connectivity index (χ4n) is 5.91. The smallest absolute Gasteiger partial charge is 0.138 e. The SMILES string of the molecule is C=C/C(N=C)=C(\C=C/C)N1Cc2cc3c(cc2-c2ccccc21)c1ccccc1n3-c1cccc(/C(=C/C=C\C)N=C)n1. The lowest BCUT2D eigenvalue weighted by Gasteiger charge is -2.34. The molecule has 5 nitrogen and oxygen atoms in total. The van der Waals surface area contributed by atoms with Crippen molar-refractivity contribution in [3.05, 3.63) is 145 Å². The number of anilines is 1. The molecule has 0 N–H and O–H groups in total. The molecule has 0 fully saturated rings. The number of benzene rings is 3. The van der Waals surface area contributed by atoms with Gasteiger partial charge in [-0.1, -0.05) is 67.3 Å². The minimum atomic E-state index is 0.667. The van der Waals surface area contributed by atoms with Crippen LogP contribution in [0.2, 0.25) is 0 Å². The minimum Gasteiger partial charge on any atom is -0.335 e. The highest BCUT2D eigenvalue weighted by molar-refractivity contribution is 6.11. The number of para-hydroxylation sites is 2. The molecule has 0 bridgehead atoms. The van der Waals surface area contributed by atoms with E-state index in [0.717, 1.165) is 45.3 Å². The van der Waals surface area contributed by atoms with Gasteiger partial charge in [-0.2, -0.15) is 0 Å². The molecule has 0 radical (unpaired) electrons. The summed E-state index contributed by atoms with van der Waals surface area (Å²) < 4.78 is 2.25. The van der Waals surface area contributed by atoms with E-state index in [1.807, 2.05) is 56.4 Å². The third-order valence-corrected chi connectivity index (χ3v) is 7.80. The molecule has 6 rings (SSSR count). The van der Waals surface area contributed by atoms with Gasteiger partial charge in [-0.15, -0.1) is 0 Å². The summed E-state index contributed by atoms with van der Waals surface area (Å²) in [5.74, 6) is 0.825. The van der Waals surface area contributed by atoms with Crippen molar-refractivity contribution < 1.29 is 0 Å². The van der Waals surface area contributed by atoms with E-state index < -0.39 is 0 Å². The van der Waals surface area contributed by atoms with E-state index in [9.17, 15) is 0 Å². The Morgan fingerprint density at radius 1 is 0.837 bits per heavy atom. The van der Waals surface area contributed by atoms with Gasteiger partial charge in [0.15, 0.2) is 0 Å². The van der Waals surface area contributed by atoms with Crippen molar-refractivity contribution in [3.8, 4) is 16.9 Å². The maximum Gasteiger partial charge on any atom is 0.138 e. The number of allylic oxidation sites excluding steroid dienone is 6. The van der Waals surface area contributed by atoms with Crippen LogP contribution in [0.3, 0.4) is 0 Å². The highest BCUT2D eigenvalue weighted by atomic mass is 15.2. The van der Waals surface area contributed by atoms with E-state index in [-0.39, 0.29) is 0 Å². The van der Waals surface area contributed by atoms with Gasteiger partial charge in [0.05, 0.1) is 33.8 Å². The van der Waals surface area contributed by atoms with E-state index in [2.05, 4.69) is 106 Å². The number of hydrogen-bond acceptors (Lipinski definition) is 4. The summed E-state index contributed by atoms with van der Waals surface area (Å²) in [6.07, 6.45) is 11.7. The number of nitrogens with zero attached hydrogens (tertiary/aromatic N) is 5. The highest BCUT2D eigenvalue weighted by Crippen LogP contribution is 2.45. The van der Waals surface area contributed by atoms with Gasteiger partial charge < -0.3 is 4.90 Å². The summed E-state index contributed by atoms with van der Waals surface area (Å²) in [5.41, 5.74) is 10.1. The van der Waals surface area contributed by atoms with Gasteiger partial charge in [0, 0.05) is 28.6 Å². The van der Waals surface area contributed by atoms with E-state index in [1.54, 1.807) is 6.08 Å². The van der Waals surface area contributed by atoms with Crippen molar-refractivity contribution in [2.45, 2.75) is 20.4 Å². The average molecular weight is 560 g/mol. The van der Waals surface area contributed by atoms with Crippen LogP contribution in [0.25, 0.3) is 44.4 Å². The van der Waals surface area contributed by atoms with E-state index >= 15 is 0 Å². The van der Waals surface area contributed by atoms with Gasteiger partial charge >= 0.3 is 0 Å². The zero-order valence-electron chi connectivity index (χ0n) is 24.5. The molecule has 3 heterocycles. The van der Waals surface area contributed by atoms with Gasteiger partial charge in [0.25, 0.3) is 0 Å². The van der Waals surface area contributed by atoms with Crippen LogP contribution >= 0.6 is 0 Å². The zero-order chi connectivity index (χ0) is 29.9. The molecule has 210 valence electrons. The number of aromatic nitrogens is 2. The first-order chi connectivity index (χ1) is 21.1. The Bertz CT molecular complexity index is 2020. The van der Waals surface area contributed by atoms with E-state index in [0.29, 0.717) is 6.54 Å². The Labute approximate surface area is 252 Å². The predicted molar refractivity (Wildman–Crippen MR) is 184 cm³/mol. The minimum absolute atomic E-state index is 0.667. The standard InChI is InChI=1S/C38H33N5/c1-6-9-18-32(40-5)33-19-14-22-38(41-33)43-35-21-13-11-17-28(35)30-24-29-26(23-37(30)43)25-42(34-20-12-10-16-27(29)34)36(15-7-2)31(8-3)39-4/h6-24H,3-5,25H2,1-2H3/b9-6-,15-7-,32-18-,36-31-. The van der Waals surface area contributed by atoms with Crippen LogP contribution in [0.4, 0.5) is 5.69 Å². The second kappa shape index (κ2) is 11.7. The van der Waals surface area contributed by atoms with Gasteiger partial charge in [0.1, 0.15) is 5.82 Å². The fraction of sp³-hybridized carbons (Fsp3) is 0.0789. The maximum absolute atomic E-state index is 5.07. The molecule has 0 saturated carbocycles. The van der Waals surface area contributed by atoms with Crippen LogP contribution in [0, 0.1) is 0 Å². The molecule has 1 aliphatic rings. The number of aliphatic imine (C=N–C) groups is 2. The highest BCUT2D eigenvalue weighted by Gasteiger charge is 2.27. The van der Waals surface area contributed by atoms with E-state index in [4.69, 9.17) is 4.98 Å². The lowest BCUT2D eigenvalue weighted by molar-refractivity contribution is 0.911. The first kappa shape index (κ1) is 27.6. The molecule has 2 aromatic heterocycles. The summed E-state index contributed by atoms with van der Waals surface area (Å²) in [6.45, 7) is 16.2. The number of hydrogen-bond donors (Lipinski definition) is 0. The molecule has 5 aromatic rings. The largest absolute Gasteiger partial charge is 0.335 e. The number of fused-ring (bicyclic) bond motifs is 6. The molecule has 0 atom stereocenters. The molecule has 3 aromatic carbocycles. The van der Waals surface area contributed by atoms with Gasteiger partial charge in [0.2, 0.25) is 0 Å². The molecule has 0 saturated heterocycles. The first-order valence-electron chi connectivity index (χ1n) is 14.3. The Balaban J connectivity index is 1.63. The van der Waals surface area contributed by atoms with Crippen molar-refractivity contribution in [1.82, 2.24) is 9.55 Å². The monoisotopic (exact) mass is 559 g/mol. The lowest BCUT2D eigenvalue weighted by Crippen LogP contribution is -2.26. The molecular weight excluding hydrogens is 526 g/mol. The van der Waals surface area contributed by atoms with Crippen LogP contribution in [0.1, 0.15) is 25.1 Å². The summed E-state index contributed by atoms with van der Waals surface area (Å²) in [6, 6.07) is 27.8. The summed E-state index contributed by atoms with van der Waals surface area (Å²) in [7, 11) is 0. The average Bonchev–Trinajstić information content (AvgIpc) is 3.37. The van der Waals surface area contributed by atoms with Crippen LogP contribution in [0.5, 0.6) is 0 Å². The fourth-order valence-corrected chi connectivity index (χ4v) is 5.91. The topological polar surface area (TPSA) is 45.8 Å². The van der Waals surface area contributed by atoms with Crippen molar-refractivity contribution in [3.63, 3.8) is 0 Å². The Kier molecular flexibility index (Phi) is 7.54. The van der Waals surface area contributed by atoms with Crippen molar-refractivity contribution in [2.24, 2.45) is 9.98 Å². The van der Waals surface area contributed by atoms with Gasteiger partial charge in [-0.3, -0.25) is 14.6 Å². The van der Waals surface area contributed by atoms with Crippen molar-refractivity contribution >= 4 is 46.6 Å². The van der Waals surface area contributed by atoms with Crippen LogP contribution in [0.15, 0.2) is 143 Å². The summed E-state index contributed by atoms with van der Waals surface area (Å²) in [5, 5.41) is 2.36. The lowest BCUT2D eigenvalue weighted by atomic mass is 9.91. The molecule has 43 heavy (non-hydrogen) atoms. The zero-order valence-corrected chi connectivity index (χ0v) is 24.5. The van der Waals surface area contributed by atoms with Crippen LogP contribution in [-0.4, -0.2) is 23.0 Å². The quantitative estimate of drug-likeness (QED) is 0.140. The summed E-state index contributed by atoms with van der Waals surface area (Å²) >= 11 is 0. The Hall–Kier alpha value is -5.55. The van der Waals surface area contributed by atoms with Gasteiger partial charge in [-0.25, -0.2) is 4.98 Å². The molecule has 0 aliphatic carbocycles. The molecule has 1 aliphatic heterocycles. The molecule has 0 amide bonds. The second-order valence-electron chi connectivity index (χ2n) is 10.2.